The lowest BCUT2D eigenvalue weighted by molar-refractivity contribution is 0.415. The second-order valence-corrected chi connectivity index (χ2v) is 2.94. The quantitative estimate of drug-likeness (QED) is 0.433. The average molecular weight is 206 g/mol. The summed E-state index contributed by atoms with van der Waals surface area (Å²) in [5.74, 6) is 0.747. The van der Waals surface area contributed by atoms with Gasteiger partial charge in [-0.1, -0.05) is 0 Å². The molecule has 0 aliphatic carbocycles. The van der Waals surface area contributed by atoms with E-state index in [2.05, 4.69) is 10.2 Å². The number of hydrogen-bond acceptors (Lipinski definition) is 3. The minimum atomic E-state index is -0.0529. The van der Waals surface area contributed by atoms with E-state index in [9.17, 15) is 0 Å². The average Bonchev–Trinajstić information content (AvgIpc) is 2.26. The summed E-state index contributed by atoms with van der Waals surface area (Å²) in [5, 5.41) is 7.44. The molecule has 5 heteroatoms. The third-order valence-corrected chi connectivity index (χ3v) is 1.82. The molecule has 5 nitrogen and oxygen atoms in total. The first kappa shape index (κ1) is 11.0. The Morgan fingerprint density at radius 3 is 2.20 bits per heavy atom. The highest BCUT2D eigenvalue weighted by molar-refractivity contribution is 5.99. The number of guanidine groups is 1. The van der Waals surface area contributed by atoms with Crippen LogP contribution in [-0.2, 0) is 0 Å². The summed E-state index contributed by atoms with van der Waals surface area (Å²) in [4.78, 5) is 0. The molecule has 80 valence electrons. The summed E-state index contributed by atoms with van der Waals surface area (Å²) in [7, 11) is 1.62. The molecule has 0 saturated carbocycles. The van der Waals surface area contributed by atoms with Crippen LogP contribution in [0.1, 0.15) is 12.5 Å². The highest BCUT2D eigenvalue weighted by atomic mass is 16.5. The molecular formula is C10H14N4O. The van der Waals surface area contributed by atoms with Crippen LogP contribution in [0, 0.1) is 0 Å². The van der Waals surface area contributed by atoms with Crippen LogP contribution < -0.4 is 16.2 Å². The molecule has 0 fully saturated rings. The molecule has 0 aliphatic rings. The van der Waals surface area contributed by atoms with Gasteiger partial charge in [0, 0.05) is 0 Å². The Morgan fingerprint density at radius 1 is 1.13 bits per heavy atom. The Bertz CT molecular complexity index is 377. The highest BCUT2D eigenvalue weighted by Crippen LogP contribution is 2.11. The molecule has 0 atom stereocenters. The molecule has 0 radical (unpaired) electrons. The zero-order chi connectivity index (χ0) is 11.3. The van der Waals surface area contributed by atoms with Crippen molar-refractivity contribution in [2.24, 2.45) is 21.7 Å². The van der Waals surface area contributed by atoms with Crippen LogP contribution in [0.5, 0.6) is 5.75 Å². The third kappa shape index (κ3) is 3.30. The van der Waals surface area contributed by atoms with Crippen LogP contribution in [0.2, 0.25) is 0 Å². The smallest absolute Gasteiger partial charge is 0.211 e. The normalized spacial score (nSPS) is 10.9. The van der Waals surface area contributed by atoms with Gasteiger partial charge in [0.2, 0.25) is 5.96 Å². The van der Waals surface area contributed by atoms with Gasteiger partial charge < -0.3 is 16.2 Å². The maximum atomic E-state index is 5.17. The number of rotatable bonds is 3. The molecule has 15 heavy (non-hydrogen) atoms. The predicted molar refractivity (Wildman–Crippen MR) is 61.0 cm³/mol. The maximum absolute atomic E-state index is 5.17. The summed E-state index contributed by atoms with van der Waals surface area (Å²) in [5.41, 5.74) is 12.0. The molecule has 0 amide bonds. The van der Waals surface area contributed by atoms with E-state index in [0.29, 0.717) is 0 Å². The number of benzene rings is 1. The SMILES string of the molecule is COc1ccc(C(C)=NN=C(N)N)cc1. The Labute approximate surface area is 88.4 Å². The fraction of sp³-hybridized carbons (Fsp3) is 0.200. The lowest BCUT2D eigenvalue weighted by Gasteiger charge is -2.01. The van der Waals surface area contributed by atoms with E-state index in [1.165, 1.54) is 0 Å². The van der Waals surface area contributed by atoms with Gasteiger partial charge in [-0.05, 0) is 36.8 Å². The molecule has 1 aromatic rings. The van der Waals surface area contributed by atoms with Gasteiger partial charge in [-0.3, -0.25) is 0 Å². The van der Waals surface area contributed by atoms with Crippen LogP contribution in [0.4, 0.5) is 0 Å². The van der Waals surface area contributed by atoms with Gasteiger partial charge in [-0.15, -0.1) is 5.10 Å². The van der Waals surface area contributed by atoms with Gasteiger partial charge >= 0.3 is 0 Å². The number of hydrogen-bond donors (Lipinski definition) is 2. The fourth-order valence-corrected chi connectivity index (χ4v) is 1.02. The van der Waals surface area contributed by atoms with E-state index >= 15 is 0 Å². The van der Waals surface area contributed by atoms with Crippen LogP contribution in [0.15, 0.2) is 34.5 Å². The Kier molecular flexibility index (Phi) is 3.68. The summed E-state index contributed by atoms with van der Waals surface area (Å²) >= 11 is 0. The van der Waals surface area contributed by atoms with Crippen LogP contribution in [0.3, 0.4) is 0 Å². The lowest BCUT2D eigenvalue weighted by atomic mass is 10.1. The van der Waals surface area contributed by atoms with Crippen molar-refractivity contribution in [1.29, 1.82) is 0 Å². The number of nitrogens with zero attached hydrogens (tertiary/aromatic N) is 2. The van der Waals surface area contributed by atoms with Crippen molar-refractivity contribution in [2.45, 2.75) is 6.92 Å². The first-order chi connectivity index (χ1) is 7.13. The first-order valence-electron chi connectivity index (χ1n) is 4.41. The Hall–Kier alpha value is -2.04. The molecule has 1 rings (SSSR count). The van der Waals surface area contributed by atoms with Crippen molar-refractivity contribution in [1.82, 2.24) is 0 Å². The molecule has 0 aromatic heterocycles. The fourth-order valence-electron chi connectivity index (χ4n) is 1.02. The van der Waals surface area contributed by atoms with Crippen molar-refractivity contribution in [3.8, 4) is 5.75 Å². The molecule has 1 aromatic carbocycles. The van der Waals surface area contributed by atoms with Crippen LogP contribution >= 0.6 is 0 Å². The minimum absolute atomic E-state index is 0.0529. The van der Waals surface area contributed by atoms with Crippen molar-refractivity contribution in [2.75, 3.05) is 7.11 Å². The van der Waals surface area contributed by atoms with E-state index in [0.717, 1.165) is 17.0 Å². The van der Waals surface area contributed by atoms with E-state index in [-0.39, 0.29) is 5.96 Å². The van der Waals surface area contributed by atoms with Gasteiger partial charge in [-0.25, -0.2) is 0 Å². The Balaban J connectivity index is 2.87. The van der Waals surface area contributed by atoms with Crippen LogP contribution in [-0.4, -0.2) is 18.8 Å². The molecule has 4 N–H and O–H groups in total. The molecule has 0 aliphatic heterocycles. The van der Waals surface area contributed by atoms with Crippen molar-refractivity contribution >= 4 is 11.7 Å². The van der Waals surface area contributed by atoms with E-state index in [1.54, 1.807) is 7.11 Å². The van der Waals surface area contributed by atoms with Gasteiger partial charge in [0.15, 0.2) is 0 Å². The zero-order valence-electron chi connectivity index (χ0n) is 8.77. The summed E-state index contributed by atoms with van der Waals surface area (Å²) in [6.45, 7) is 1.83. The topological polar surface area (TPSA) is 86.0 Å². The molecular weight excluding hydrogens is 192 g/mol. The molecule has 0 unspecified atom stereocenters. The lowest BCUT2D eigenvalue weighted by Crippen LogP contribution is -2.22. The predicted octanol–water partition coefficient (Wildman–Crippen LogP) is 0.693. The molecule has 0 saturated heterocycles. The molecule has 0 heterocycles. The van der Waals surface area contributed by atoms with Gasteiger partial charge in [0.05, 0.1) is 12.8 Å². The summed E-state index contributed by atoms with van der Waals surface area (Å²) < 4.78 is 5.04. The Morgan fingerprint density at radius 2 is 1.73 bits per heavy atom. The monoisotopic (exact) mass is 206 g/mol. The van der Waals surface area contributed by atoms with E-state index < -0.39 is 0 Å². The number of nitrogens with two attached hydrogens (primary N) is 2. The summed E-state index contributed by atoms with van der Waals surface area (Å²) in [6, 6.07) is 7.48. The van der Waals surface area contributed by atoms with E-state index in [4.69, 9.17) is 16.2 Å². The number of ether oxygens (including phenoxy) is 1. The van der Waals surface area contributed by atoms with Gasteiger partial charge in [0.1, 0.15) is 5.75 Å². The highest BCUT2D eigenvalue weighted by Gasteiger charge is 1.97. The minimum Gasteiger partial charge on any atom is -0.497 e. The summed E-state index contributed by atoms with van der Waals surface area (Å²) in [6.07, 6.45) is 0. The van der Waals surface area contributed by atoms with Crippen molar-refractivity contribution in [3.05, 3.63) is 29.8 Å². The maximum Gasteiger partial charge on any atom is 0.211 e. The second kappa shape index (κ2) is 4.99. The second-order valence-electron chi connectivity index (χ2n) is 2.94. The third-order valence-electron chi connectivity index (χ3n) is 1.82. The van der Waals surface area contributed by atoms with E-state index in [1.807, 2.05) is 31.2 Å². The van der Waals surface area contributed by atoms with Gasteiger partial charge in [-0.2, -0.15) is 5.10 Å². The standard InChI is InChI=1S/C10H14N4O/c1-7(13-14-10(11)12)8-3-5-9(15-2)6-4-8/h3-6H,1-2H3,(H4,11,12,14). The van der Waals surface area contributed by atoms with Crippen molar-refractivity contribution in [3.63, 3.8) is 0 Å². The first-order valence-corrected chi connectivity index (χ1v) is 4.41. The zero-order valence-corrected chi connectivity index (χ0v) is 8.77. The molecule has 0 spiro atoms. The van der Waals surface area contributed by atoms with Crippen molar-refractivity contribution < 1.29 is 4.74 Å². The van der Waals surface area contributed by atoms with Gasteiger partial charge in [0.25, 0.3) is 0 Å². The largest absolute Gasteiger partial charge is 0.497 e. The van der Waals surface area contributed by atoms with Crippen LogP contribution in [0.25, 0.3) is 0 Å². The molecule has 0 bridgehead atoms. The number of methoxy groups -OCH3 is 1.